The molecule has 0 amide bonds. The molecule has 0 unspecified atom stereocenters. The van der Waals surface area contributed by atoms with E-state index in [1.807, 2.05) is 43.3 Å². The van der Waals surface area contributed by atoms with Crippen molar-refractivity contribution in [1.29, 1.82) is 0 Å². The van der Waals surface area contributed by atoms with Crippen molar-refractivity contribution < 1.29 is 9.59 Å². The minimum absolute atomic E-state index is 0.131. The van der Waals surface area contributed by atoms with E-state index < -0.39 is 0 Å². The third-order valence-corrected chi connectivity index (χ3v) is 8.61. The lowest BCUT2D eigenvalue weighted by Crippen LogP contribution is -2.21. The van der Waals surface area contributed by atoms with Crippen LogP contribution >= 0.6 is 22.7 Å². The van der Waals surface area contributed by atoms with Crippen molar-refractivity contribution >= 4 is 45.3 Å². The van der Waals surface area contributed by atoms with E-state index in [2.05, 4.69) is 21.9 Å². The molecule has 0 spiro atoms. The molecule has 0 radical (unpaired) electrons. The fourth-order valence-electron chi connectivity index (χ4n) is 5.04. The zero-order chi connectivity index (χ0) is 23.7. The molecule has 1 aliphatic carbocycles. The molecule has 3 aromatic heterocycles. The Morgan fingerprint density at radius 1 is 1.18 bits per heavy atom. The predicted molar refractivity (Wildman–Crippen MR) is 140 cm³/mol. The van der Waals surface area contributed by atoms with Crippen LogP contribution in [0.5, 0.6) is 0 Å². The van der Waals surface area contributed by atoms with Gasteiger partial charge in [-0.15, -0.1) is 29.1 Å². The Hall–Kier alpha value is -3.01. The summed E-state index contributed by atoms with van der Waals surface area (Å²) in [4.78, 5) is 32.9. The molecule has 6 heteroatoms. The molecule has 5 rings (SSSR count). The van der Waals surface area contributed by atoms with Gasteiger partial charge in [-0.2, -0.15) is 0 Å². The molecule has 0 N–H and O–H groups in total. The number of rotatable bonds is 7. The molecule has 4 nitrogen and oxygen atoms in total. The van der Waals surface area contributed by atoms with Crippen LogP contribution in [0.25, 0.3) is 21.7 Å². The molecule has 4 aromatic rings. The van der Waals surface area contributed by atoms with E-state index in [9.17, 15) is 9.59 Å². The van der Waals surface area contributed by atoms with E-state index in [0.717, 1.165) is 57.2 Å². The Balaban J connectivity index is 1.46. The number of carbonyl (C=O) groups excluding carboxylic acids is 2. The van der Waals surface area contributed by atoms with Crippen molar-refractivity contribution in [1.82, 2.24) is 9.55 Å². The highest BCUT2D eigenvalue weighted by atomic mass is 32.1. The summed E-state index contributed by atoms with van der Waals surface area (Å²) in [6.45, 7) is 1.88. The fourth-order valence-corrected chi connectivity index (χ4v) is 6.51. The second-order valence-corrected chi connectivity index (χ2v) is 10.9. The van der Waals surface area contributed by atoms with E-state index in [0.29, 0.717) is 24.3 Å². The summed E-state index contributed by atoms with van der Waals surface area (Å²) in [5.74, 6) is 4.23. The van der Waals surface area contributed by atoms with Gasteiger partial charge < -0.3 is 4.57 Å². The monoisotopic (exact) mass is 486 g/mol. The number of Topliss-reactive ketones (excluding diaryl/α,β-unsaturated/α-hetero) is 2. The summed E-state index contributed by atoms with van der Waals surface area (Å²) in [7, 11) is 0. The molecule has 1 saturated carbocycles. The van der Waals surface area contributed by atoms with Crippen molar-refractivity contribution in [3.05, 3.63) is 63.2 Å². The Labute approximate surface area is 207 Å². The number of nitrogens with zero attached hydrogens (tertiary/aromatic N) is 2. The summed E-state index contributed by atoms with van der Waals surface area (Å²) in [5, 5.41) is 2.07. The van der Waals surface area contributed by atoms with Gasteiger partial charge in [-0.3, -0.25) is 9.59 Å². The smallest absolute Gasteiger partial charge is 0.173 e. The largest absolute Gasteiger partial charge is 0.320 e. The van der Waals surface area contributed by atoms with Crippen molar-refractivity contribution in [3.8, 4) is 23.0 Å². The van der Waals surface area contributed by atoms with Crippen LogP contribution in [0, 0.1) is 18.3 Å². The van der Waals surface area contributed by atoms with Gasteiger partial charge >= 0.3 is 0 Å². The van der Waals surface area contributed by atoms with E-state index >= 15 is 0 Å². The summed E-state index contributed by atoms with van der Waals surface area (Å²) >= 11 is 3.09. The zero-order valence-corrected chi connectivity index (χ0v) is 20.8. The number of aromatic nitrogens is 2. The third kappa shape index (κ3) is 4.38. The quantitative estimate of drug-likeness (QED) is 0.202. The lowest BCUT2D eigenvalue weighted by molar-refractivity contribution is 0.0944. The van der Waals surface area contributed by atoms with E-state index in [1.54, 1.807) is 11.3 Å². The highest BCUT2D eigenvalue weighted by Crippen LogP contribution is 2.40. The highest BCUT2D eigenvalue weighted by Gasteiger charge is 2.29. The van der Waals surface area contributed by atoms with E-state index in [-0.39, 0.29) is 17.6 Å². The van der Waals surface area contributed by atoms with Gasteiger partial charge in [-0.1, -0.05) is 25.3 Å². The van der Waals surface area contributed by atoms with Crippen molar-refractivity contribution in [2.75, 3.05) is 0 Å². The summed E-state index contributed by atoms with van der Waals surface area (Å²) in [6.07, 6.45) is 10.7. The van der Waals surface area contributed by atoms with Gasteiger partial charge in [0.05, 0.1) is 25.7 Å². The molecule has 1 aliphatic rings. The van der Waals surface area contributed by atoms with Crippen LogP contribution in [0.4, 0.5) is 0 Å². The molecule has 3 heterocycles. The van der Waals surface area contributed by atoms with Crippen LogP contribution in [0.15, 0.2) is 47.8 Å². The topological polar surface area (TPSA) is 52.0 Å². The van der Waals surface area contributed by atoms with Crippen molar-refractivity contribution in [2.24, 2.45) is 5.92 Å². The Morgan fingerprint density at radius 2 is 2.06 bits per heavy atom. The van der Waals surface area contributed by atoms with E-state index in [1.165, 1.54) is 11.3 Å². The third-order valence-electron chi connectivity index (χ3n) is 6.69. The number of thiophene rings is 2. The van der Waals surface area contributed by atoms with Crippen LogP contribution in [0.2, 0.25) is 0 Å². The molecule has 0 aliphatic heterocycles. The lowest BCUT2D eigenvalue weighted by Gasteiger charge is -2.31. The molecular weight excluding hydrogens is 460 g/mol. The first-order valence-corrected chi connectivity index (χ1v) is 13.5. The zero-order valence-electron chi connectivity index (χ0n) is 19.1. The number of ketones is 2. The Morgan fingerprint density at radius 3 is 2.79 bits per heavy atom. The maximum absolute atomic E-state index is 12.9. The first kappa shape index (κ1) is 22.8. The number of terminal acetylenes is 1. The summed E-state index contributed by atoms with van der Waals surface area (Å²) in [5.41, 5.74) is 2.64. The number of hydrogen-bond donors (Lipinski definition) is 0. The van der Waals surface area contributed by atoms with Gasteiger partial charge in [-0.25, -0.2) is 4.98 Å². The van der Waals surface area contributed by atoms with Crippen LogP contribution in [0.1, 0.15) is 76.4 Å². The van der Waals surface area contributed by atoms with Gasteiger partial charge in [0.2, 0.25) is 0 Å². The highest BCUT2D eigenvalue weighted by molar-refractivity contribution is 7.14. The van der Waals surface area contributed by atoms with Gasteiger partial charge in [0.25, 0.3) is 0 Å². The minimum atomic E-state index is 0.131. The fraction of sp³-hybridized carbons (Fsp3) is 0.321. The van der Waals surface area contributed by atoms with Crippen molar-refractivity contribution in [2.45, 2.75) is 51.5 Å². The second kappa shape index (κ2) is 9.69. The standard InChI is InChI=1S/C28H26N2O2S2/c1-3-21-11-13-26(34-21)25(32)16-18-7-5-8-20(15-18)30-23-12-10-19(24(31)4-2)17-22(23)29-28(30)27-9-6-14-33-27/h1,6,9-14,17-18,20H,4-5,7-8,15-16H2,2H3/t18-,20+/m1/s1. The molecule has 172 valence electrons. The first-order valence-electron chi connectivity index (χ1n) is 11.8. The average molecular weight is 487 g/mol. The Bertz CT molecular complexity index is 1390. The molecule has 0 saturated heterocycles. The van der Waals surface area contributed by atoms with E-state index in [4.69, 9.17) is 11.4 Å². The average Bonchev–Trinajstić information content (AvgIpc) is 3.62. The number of carbonyl (C=O) groups is 2. The predicted octanol–water partition coefficient (Wildman–Crippen LogP) is 7.40. The molecular formula is C28H26N2O2S2. The molecule has 0 bridgehead atoms. The van der Waals surface area contributed by atoms with Crippen molar-refractivity contribution in [3.63, 3.8) is 0 Å². The van der Waals surface area contributed by atoms with Crippen LogP contribution < -0.4 is 0 Å². The maximum atomic E-state index is 12.9. The second-order valence-electron chi connectivity index (χ2n) is 8.88. The maximum Gasteiger partial charge on any atom is 0.173 e. The SMILES string of the molecule is C#Cc1ccc(C(=O)C[C@@H]2CCC[C@H](n3c(-c4cccs4)nc4cc(C(=O)CC)ccc43)C2)s1. The number of hydrogen-bond acceptors (Lipinski definition) is 5. The number of benzene rings is 1. The molecule has 2 atom stereocenters. The van der Waals surface area contributed by atoms with Gasteiger partial charge in [0.15, 0.2) is 17.4 Å². The summed E-state index contributed by atoms with van der Waals surface area (Å²) < 4.78 is 2.36. The Kier molecular flexibility index (Phi) is 6.49. The minimum Gasteiger partial charge on any atom is -0.320 e. The molecule has 1 fully saturated rings. The number of fused-ring (bicyclic) bond motifs is 1. The number of imidazole rings is 1. The first-order chi connectivity index (χ1) is 16.6. The van der Waals surface area contributed by atoms with Crippen LogP contribution in [-0.2, 0) is 0 Å². The van der Waals surface area contributed by atoms with Crippen LogP contribution in [-0.4, -0.2) is 21.1 Å². The normalized spacial score (nSPS) is 18.1. The summed E-state index contributed by atoms with van der Waals surface area (Å²) in [6, 6.07) is 14.0. The van der Waals surface area contributed by atoms with Gasteiger partial charge in [-0.05, 0) is 67.0 Å². The van der Waals surface area contributed by atoms with Gasteiger partial charge in [0.1, 0.15) is 0 Å². The van der Waals surface area contributed by atoms with Crippen LogP contribution in [0.3, 0.4) is 0 Å². The molecule has 1 aromatic carbocycles. The van der Waals surface area contributed by atoms with Gasteiger partial charge in [0, 0.05) is 24.4 Å². The lowest BCUT2D eigenvalue weighted by atomic mass is 9.82. The molecule has 34 heavy (non-hydrogen) atoms.